The van der Waals surface area contributed by atoms with Gasteiger partial charge < -0.3 is 29.2 Å². The predicted molar refractivity (Wildman–Crippen MR) is 187 cm³/mol. The van der Waals surface area contributed by atoms with Crippen molar-refractivity contribution in [1.82, 2.24) is 15.1 Å². The molecule has 10 nitrogen and oxygen atoms in total. The van der Waals surface area contributed by atoms with Crippen LogP contribution in [0.3, 0.4) is 0 Å². The van der Waals surface area contributed by atoms with Gasteiger partial charge in [-0.15, -0.1) is 0 Å². The predicted octanol–water partition coefficient (Wildman–Crippen LogP) is 5.71. The van der Waals surface area contributed by atoms with Crippen LogP contribution in [-0.4, -0.2) is 94.5 Å². The molecule has 0 radical (unpaired) electrons. The molecule has 48 heavy (non-hydrogen) atoms. The van der Waals surface area contributed by atoms with E-state index in [-0.39, 0.29) is 18.0 Å². The van der Waals surface area contributed by atoms with E-state index < -0.39 is 6.04 Å². The van der Waals surface area contributed by atoms with Crippen molar-refractivity contribution in [3.05, 3.63) is 83.9 Å². The Bertz CT molecular complexity index is 1450. The Hall–Kier alpha value is -4.28. The molecule has 0 unspecified atom stereocenters. The number of hydrogen-bond acceptors (Lipinski definition) is 7. The Morgan fingerprint density at radius 1 is 0.938 bits per heavy atom. The van der Waals surface area contributed by atoms with Crippen molar-refractivity contribution in [2.45, 2.75) is 51.1 Å². The van der Waals surface area contributed by atoms with Crippen LogP contribution >= 0.6 is 0 Å². The number of nitrogens with one attached hydrogen (secondary N) is 1. The number of methoxy groups -OCH3 is 2. The molecular formula is C38H50N4O6. The Balaban J connectivity index is 1.31. The number of para-hydroxylation sites is 1. The number of rotatable bonds is 14. The average molecular weight is 659 g/mol. The maximum absolute atomic E-state index is 14.1. The Morgan fingerprint density at radius 3 is 2.40 bits per heavy atom. The molecule has 0 spiro atoms. The number of benzene rings is 3. The van der Waals surface area contributed by atoms with E-state index >= 15 is 0 Å². The number of hydrogen-bond donors (Lipinski definition) is 1. The number of ether oxygens (including phenoxy) is 4. The smallest absolute Gasteiger partial charge is 0.325 e. The SMILES string of the molecule is CCN(C(=O)N1CCCC[C@H]1C(=O)N[C@H](CCc1ccc(OC)c(OC)c1)c1ccc(OCCN2CCOCC2)cc1)c1ccccc1. The lowest BCUT2D eigenvalue weighted by Crippen LogP contribution is -2.56. The minimum absolute atomic E-state index is 0.129. The summed E-state index contributed by atoms with van der Waals surface area (Å²) in [7, 11) is 3.25. The lowest BCUT2D eigenvalue weighted by atomic mass is 9.96. The first-order valence-electron chi connectivity index (χ1n) is 17.2. The van der Waals surface area contributed by atoms with Gasteiger partial charge in [-0.25, -0.2) is 4.79 Å². The third-order valence-corrected chi connectivity index (χ3v) is 9.21. The molecule has 2 atom stereocenters. The van der Waals surface area contributed by atoms with Gasteiger partial charge in [0.2, 0.25) is 5.91 Å². The van der Waals surface area contributed by atoms with E-state index in [1.54, 1.807) is 24.0 Å². The summed E-state index contributed by atoms with van der Waals surface area (Å²) in [5, 5.41) is 3.35. The summed E-state index contributed by atoms with van der Waals surface area (Å²) in [6, 6.07) is 22.6. The summed E-state index contributed by atoms with van der Waals surface area (Å²) in [6.07, 6.45) is 3.75. The summed E-state index contributed by atoms with van der Waals surface area (Å²) in [6.45, 7) is 7.86. The second-order valence-electron chi connectivity index (χ2n) is 12.2. The van der Waals surface area contributed by atoms with Crippen molar-refractivity contribution < 1.29 is 28.5 Å². The van der Waals surface area contributed by atoms with Crippen molar-refractivity contribution in [3.63, 3.8) is 0 Å². The maximum Gasteiger partial charge on any atom is 0.325 e. The number of likely N-dealkylation sites (tertiary alicyclic amines) is 1. The fourth-order valence-electron chi connectivity index (χ4n) is 6.48. The summed E-state index contributed by atoms with van der Waals surface area (Å²) >= 11 is 0. The number of nitrogens with zero attached hydrogens (tertiary/aromatic N) is 3. The number of aryl methyl sites for hydroxylation is 1. The zero-order valence-electron chi connectivity index (χ0n) is 28.6. The van der Waals surface area contributed by atoms with E-state index in [9.17, 15) is 9.59 Å². The van der Waals surface area contributed by atoms with Crippen molar-refractivity contribution in [2.24, 2.45) is 0 Å². The zero-order valence-corrected chi connectivity index (χ0v) is 28.6. The van der Waals surface area contributed by atoms with Crippen molar-refractivity contribution in [3.8, 4) is 17.2 Å². The van der Waals surface area contributed by atoms with Crippen LogP contribution in [-0.2, 0) is 16.0 Å². The topological polar surface area (TPSA) is 92.8 Å². The molecule has 2 saturated heterocycles. The van der Waals surface area contributed by atoms with Crippen LogP contribution in [0, 0.1) is 0 Å². The zero-order chi connectivity index (χ0) is 33.7. The van der Waals surface area contributed by atoms with Crippen LogP contribution in [0.15, 0.2) is 72.8 Å². The van der Waals surface area contributed by atoms with E-state index in [2.05, 4.69) is 10.2 Å². The van der Waals surface area contributed by atoms with Crippen LogP contribution in [0.2, 0.25) is 0 Å². The molecule has 5 rings (SSSR count). The van der Waals surface area contributed by atoms with E-state index in [1.165, 1.54) is 0 Å². The number of anilines is 1. The number of carbonyl (C=O) groups is 2. The first-order chi connectivity index (χ1) is 23.5. The van der Waals surface area contributed by atoms with Gasteiger partial charge >= 0.3 is 6.03 Å². The lowest BCUT2D eigenvalue weighted by molar-refractivity contribution is -0.127. The van der Waals surface area contributed by atoms with Gasteiger partial charge in [-0.1, -0.05) is 36.4 Å². The Kier molecular flexibility index (Phi) is 13.0. The highest BCUT2D eigenvalue weighted by molar-refractivity contribution is 5.95. The van der Waals surface area contributed by atoms with E-state index in [0.717, 1.165) is 68.3 Å². The highest BCUT2D eigenvalue weighted by Crippen LogP contribution is 2.30. The molecule has 10 heteroatoms. The molecular weight excluding hydrogens is 608 g/mol. The summed E-state index contributed by atoms with van der Waals surface area (Å²) in [5.41, 5.74) is 2.89. The van der Waals surface area contributed by atoms with Crippen molar-refractivity contribution >= 4 is 17.6 Å². The van der Waals surface area contributed by atoms with Crippen LogP contribution < -0.4 is 24.4 Å². The maximum atomic E-state index is 14.1. The molecule has 1 N–H and O–H groups in total. The second-order valence-corrected chi connectivity index (χ2v) is 12.2. The summed E-state index contributed by atoms with van der Waals surface area (Å²) in [5.74, 6) is 2.01. The van der Waals surface area contributed by atoms with Crippen LogP contribution in [0.5, 0.6) is 17.2 Å². The van der Waals surface area contributed by atoms with Crippen LogP contribution in [0.25, 0.3) is 0 Å². The fraction of sp³-hybridized carbons (Fsp3) is 0.474. The summed E-state index contributed by atoms with van der Waals surface area (Å²) in [4.78, 5) is 33.8. The van der Waals surface area contributed by atoms with Gasteiger partial charge in [-0.05, 0) is 86.6 Å². The molecule has 2 fully saturated rings. The normalized spacial score (nSPS) is 17.3. The molecule has 3 amide bonds. The molecule has 0 bridgehead atoms. The van der Waals surface area contributed by atoms with Crippen molar-refractivity contribution in [1.29, 1.82) is 0 Å². The van der Waals surface area contributed by atoms with E-state index in [4.69, 9.17) is 18.9 Å². The van der Waals surface area contributed by atoms with Crippen molar-refractivity contribution in [2.75, 3.05) is 71.7 Å². The number of amides is 3. The standard InChI is InChI=1S/C38H50N4O6/c1-4-41(31-10-6-5-7-11-31)38(44)42-21-9-8-12-34(42)37(43)39-33(19-13-29-14-20-35(45-2)36(28-29)46-3)30-15-17-32(18-16-30)48-27-24-40-22-25-47-26-23-40/h5-7,10-11,14-18,20,28,33-34H,4,8-9,12-13,19,21-27H2,1-3H3,(H,39,43)/t33-,34+/m1/s1. The molecule has 258 valence electrons. The van der Waals surface area contributed by atoms with Gasteiger partial charge in [0.25, 0.3) is 0 Å². The minimum atomic E-state index is -0.546. The third kappa shape index (κ3) is 9.20. The van der Waals surface area contributed by atoms with Gasteiger partial charge in [0.1, 0.15) is 18.4 Å². The highest BCUT2D eigenvalue weighted by atomic mass is 16.5. The quantitative estimate of drug-likeness (QED) is 0.237. The number of piperidine rings is 1. The lowest BCUT2D eigenvalue weighted by Gasteiger charge is -2.38. The molecule has 3 aromatic rings. The fourth-order valence-corrected chi connectivity index (χ4v) is 6.48. The number of carbonyl (C=O) groups excluding carboxylic acids is 2. The average Bonchev–Trinajstić information content (AvgIpc) is 3.14. The third-order valence-electron chi connectivity index (χ3n) is 9.21. The molecule has 2 heterocycles. The van der Waals surface area contributed by atoms with Gasteiger partial charge in [0.05, 0.1) is 33.5 Å². The van der Waals surface area contributed by atoms with E-state index in [1.807, 2.05) is 79.7 Å². The monoisotopic (exact) mass is 658 g/mol. The highest BCUT2D eigenvalue weighted by Gasteiger charge is 2.35. The Morgan fingerprint density at radius 2 is 1.69 bits per heavy atom. The number of urea groups is 1. The number of morpholine rings is 1. The van der Waals surface area contributed by atoms with E-state index in [0.29, 0.717) is 50.5 Å². The van der Waals surface area contributed by atoms with Gasteiger partial charge in [0.15, 0.2) is 11.5 Å². The van der Waals surface area contributed by atoms with Gasteiger partial charge in [-0.2, -0.15) is 0 Å². The molecule has 2 aliphatic rings. The van der Waals surface area contributed by atoms with Gasteiger partial charge in [-0.3, -0.25) is 14.6 Å². The second kappa shape index (κ2) is 17.8. The minimum Gasteiger partial charge on any atom is -0.493 e. The molecule has 0 aromatic heterocycles. The van der Waals surface area contributed by atoms with Gasteiger partial charge in [0, 0.05) is 38.4 Å². The first kappa shape index (κ1) is 35.0. The summed E-state index contributed by atoms with van der Waals surface area (Å²) < 4.78 is 22.5. The molecule has 2 aliphatic heterocycles. The molecule has 3 aromatic carbocycles. The van der Waals surface area contributed by atoms with Crippen LogP contribution in [0.4, 0.5) is 10.5 Å². The van der Waals surface area contributed by atoms with Crippen LogP contribution in [0.1, 0.15) is 49.8 Å². The molecule has 0 saturated carbocycles. The molecule has 0 aliphatic carbocycles. The Labute approximate surface area is 284 Å². The largest absolute Gasteiger partial charge is 0.493 e. The first-order valence-corrected chi connectivity index (χ1v) is 17.2.